The van der Waals surface area contributed by atoms with E-state index in [4.69, 9.17) is 16.1 Å². The van der Waals surface area contributed by atoms with Crippen molar-refractivity contribution >= 4 is 35.0 Å². The van der Waals surface area contributed by atoms with Crippen LogP contribution in [-0.4, -0.2) is 40.7 Å². The molecule has 0 unspecified atom stereocenters. The average molecular weight is 429 g/mol. The molecular formula is C21H21ClN4O4. The molecule has 0 saturated heterocycles. The van der Waals surface area contributed by atoms with Crippen LogP contribution in [0.1, 0.15) is 37.7 Å². The van der Waals surface area contributed by atoms with E-state index in [0.717, 1.165) is 17.0 Å². The maximum atomic E-state index is 12.4. The summed E-state index contributed by atoms with van der Waals surface area (Å²) in [5, 5.41) is 16.7. The summed E-state index contributed by atoms with van der Waals surface area (Å²) in [4.78, 5) is 30.2. The number of carboxylic acids is 1. The van der Waals surface area contributed by atoms with Gasteiger partial charge in [0.05, 0.1) is 17.6 Å². The lowest BCUT2D eigenvalue weighted by Gasteiger charge is -2.20. The molecule has 0 spiro atoms. The lowest BCUT2D eigenvalue weighted by atomic mass is 10.1. The fourth-order valence-corrected chi connectivity index (χ4v) is 3.25. The molecule has 0 aliphatic rings. The van der Waals surface area contributed by atoms with Gasteiger partial charge in [0.25, 0.3) is 5.91 Å². The van der Waals surface area contributed by atoms with Crippen LogP contribution in [0.15, 0.2) is 41.1 Å². The van der Waals surface area contributed by atoms with Crippen molar-refractivity contribution in [3.63, 3.8) is 0 Å². The van der Waals surface area contributed by atoms with Crippen molar-refractivity contribution in [3.05, 3.63) is 69.7 Å². The van der Waals surface area contributed by atoms with E-state index in [2.05, 4.69) is 15.5 Å². The third-order valence-electron chi connectivity index (χ3n) is 4.68. The summed E-state index contributed by atoms with van der Waals surface area (Å²) in [6.45, 7) is 4.22. The number of anilines is 2. The number of amides is 1. The number of halogens is 1. The summed E-state index contributed by atoms with van der Waals surface area (Å²) in [6, 6.07) is 7.85. The number of nitrogens with zero attached hydrogens (tertiary/aromatic N) is 3. The largest absolute Gasteiger partial charge is 0.478 e. The molecule has 0 aliphatic heterocycles. The van der Waals surface area contributed by atoms with E-state index in [1.54, 1.807) is 30.1 Å². The lowest BCUT2D eigenvalue weighted by molar-refractivity contribution is 0.0696. The summed E-state index contributed by atoms with van der Waals surface area (Å²) >= 11 is 5.92. The first kappa shape index (κ1) is 21.3. The molecule has 2 N–H and O–H groups in total. The zero-order chi connectivity index (χ0) is 21.8. The summed E-state index contributed by atoms with van der Waals surface area (Å²) in [5.74, 6) is -0.503. The van der Waals surface area contributed by atoms with Gasteiger partial charge in [0.2, 0.25) is 0 Å². The minimum Gasteiger partial charge on any atom is -0.478 e. The number of carbonyl (C=O) groups excluding carboxylic acids is 1. The number of carboxylic acid groups (broad SMARTS) is 1. The number of hydrogen-bond acceptors (Lipinski definition) is 6. The van der Waals surface area contributed by atoms with Crippen LogP contribution in [0.25, 0.3) is 0 Å². The van der Waals surface area contributed by atoms with Gasteiger partial charge in [-0.1, -0.05) is 22.8 Å². The summed E-state index contributed by atoms with van der Waals surface area (Å²) in [6.07, 6.45) is 2.06. The normalized spacial score (nSPS) is 10.7. The molecular weight excluding hydrogens is 408 g/mol. The molecule has 30 heavy (non-hydrogen) atoms. The molecule has 1 amide bonds. The standard InChI is InChI=1S/C21H21ClN4O4/c1-12-17(13(2)30-25-12)7-8-26(3)19-18(21(28)29)10-16(11-23-19)24-20(27)14-5-4-6-15(22)9-14/h4-6,9-11H,7-8H2,1-3H3,(H,24,27)(H,28,29). The SMILES string of the molecule is Cc1noc(C)c1CCN(C)c1ncc(NC(=O)c2cccc(Cl)c2)cc1C(=O)O. The van der Waals surface area contributed by atoms with E-state index in [1.807, 2.05) is 13.8 Å². The Balaban J connectivity index is 1.77. The van der Waals surface area contributed by atoms with Crippen LogP contribution in [0.2, 0.25) is 5.02 Å². The number of hydrogen-bond donors (Lipinski definition) is 2. The third-order valence-corrected chi connectivity index (χ3v) is 4.92. The number of carbonyl (C=O) groups is 2. The highest BCUT2D eigenvalue weighted by molar-refractivity contribution is 6.31. The quantitative estimate of drug-likeness (QED) is 0.586. The number of aromatic carboxylic acids is 1. The maximum absolute atomic E-state index is 12.4. The first-order chi connectivity index (χ1) is 14.3. The Morgan fingerprint density at radius 3 is 2.67 bits per heavy atom. The van der Waals surface area contributed by atoms with Gasteiger partial charge in [-0.2, -0.15) is 0 Å². The lowest BCUT2D eigenvalue weighted by Crippen LogP contribution is -2.24. The van der Waals surface area contributed by atoms with Gasteiger partial charge in [-0.25, -0.2) is 9.78 Å². The predicted molar refractivity (Wildman–Crippen MR) is 114 cm³/mol. The van der Waals surface area contributed by atoms with Gasteiger partial charge in [0.15, 0.2) is 0 Å². The van der Waals surface area contributed by atoms with E-state index in [-0.39, 0.29) is 11.3 Å². The van der Waals surface area contributed by atoms with Gasteiger partial charge in [-0.05, 0) is 44.5 Å². The number of aryl methyl sites for hydroxylation is 2. The van der Waals surface area contributed by atoms with E-state index < -0.39 is 11.9 Å². The van der Waals surface area contributed by atoms with E-state index in [0.29, 0.717) is 29.4 Å². The molecule has 0 atom stereocenters. The first-order valence-electron chi connectivity index (χ1n) is 9.19. The van der Waals surface area contributed by atoms with Crippen LogP contribution in [-0.2, 0) is 6.42 Å². The summed E-state index contributed by atoms with van der Waals surface area (Å²) < 4.78 is 5.17. The summed E-state index contributed by atoms with van der Waals surface area (Å²) in [7, 11) is 1.76. The van der Waals surface area contributed by atoms with Crippen LogP contribution < -0.4 is 10.2 Å². The number of benzene rings is 1. The van der Waals surface area contributed by atoms with Gasteiger partial charge in [0.1, 0.15) is 17.1 Å². The molecule has 9 heteroatoms. The van der Waals surface area contributed by atoms with Gasteiger partial charge >= 0.3 is 5.97 Å². The molecule has 0 fully saturated rings. The number of pyridine rings is 1. The van der Waals surface area contributed by atoms with Gasteiger partial charge in [-0.3, -0.25) is 4.79 Å². The van der Waals surface area contributed by atoms with E-state index in [1.165, 1.54) is 18.3 Å². The monoisotopic (exact) mass is 428 g/mol. The molecule has 3 aromatic rings. The smallest absolute Gasteiger partial charge is 0.339 e. The third kappa shape index (κ3) is 4.77. The molecule has 0 bridgehead atoms. The average Bonchev–Trinajstić information content (AvgIpc) is 3.03. The van der Waals surface area contributed by atoms with Crippen molar-refractivity contribution in [3.8, 4) is 0 Å². The van der Waals surface area contributed by atoms with Gasteiger partial charge < -0.3 is 19.8 Å². The zero-order valence-corrected chi connectivity index (χ0v) is 17.5. The Bertz CT molecular complexity index is 1080. The highest BCUT2D eigenvalue weighted by atomic mass is 35.5. The Labute approximate surface area is 178 Å². The van der Waals surface area contributed by atoms with Gasteiger partial charge in [0, 0.05) is 29.7 Å². The molecule has 3 rings (SSSR count). The molecule has 0 radical (unpaired) electrons. The second-order valence-electron chi connectivity index (χ2n) is 6.84. The highest BCUT2D eigenvalue weighted by Crippen LogP contribution is 2.22. The Morgan fingerprint density at radius 1 is 1.27 bits per heavy atom. The molecule has 8 nitrogen and oxygen atoms in total. The Morgan fingerprint density at radius 2 is 2.03 bits per heavy atom. The second kappa shape index (κ2) is 8.96. The topological polar surface area (TPSA) is 109 Å². The van der Waals surface area contributed by atoms with Crippen LogP contribution in [0.4, 0.5) is 11.5 Å². The van der Waals surface area contributed by atoms with Crippen LogP contribution in [0.5, 0.6) is 0 Å². The van der Waals surface area contributed by atoms with Crippen molar-refractivity contribution in [2.45, 2.75) is 20.3 Å². The highest BCUT2D eigenvalue weighted by Gasteiger charge is 2.18. The van der Waals surface area contributed by atoms with E-state index >= 15 is 0 Å². The number of likely N-dealkylation sites (N-methyl/N-ethyl adjacent to an activating group) is 1. The molecule has 0 saturated carbocycles. The maximum Gasteiger partial charge on any atom is 0.339 e. The van der Waals surface area contributed by atoms with Crippen molar-refractivity contribution in [2.75, 3.05) is 23.8 Å². The van der Waals surface area contributed by atoms with Crippen molar-refractivity contribution in [1.82, 2.24) is 10.1 Å². The van der Waals surface area contributed by atoms with Crippen LogP contribution in [0, 0.1) is 13.8 Å². The van der Waals surface area contributed by atoms with E-state index in [9.17, 15) is 14.7 Å². The van der Waals surface area contributed by atoms with Gasteiger partial charge in [-0.15, -0.1) is 0 Å². The van der Waals surface area contributed by atoms with Crippen molar-refractivity contribution in [2.24, 2.45) is 0 Å². The minimum atomic E-state index is -1.14. The number of aromatic nitrogens is 2. The fourth-order valence-electron chi connectivity index (χ4n) is 3.06. The summed E-state index contributed by atoms with van der Waals surface area (Å²) in [5.41, 5.74) is 2.43. The molecule has 0 aliphatic carbocycles. The predicted octanol–water partition coefficient (Wildman–Crippen LogP) is 3.97. The first-order valence-corrected chi connectivity index (χ1v) is 9.57. The molecule has 1 aromatic carbocycles. The second-order valence-corrected chi connectivity index (χ2v) is 7.28. The Hall–Kier alpha value is -3.39. The number of nitrogens with one attached hydrogen (secondary N) is 1. The zero-order valence-electron chi connectivity index (χ0n) is 16.8. The molecule has 156 valence electrons. The molecule has 2 heterocycles. The Kier molecular flexibility index (Phi) is 6.37. The van der Waals surface area contributed by atoms with Crippen LogP contribution in [0.3, 0.4) is 0 Å². The minimum absolute atomic E-state index is 0.0137. The molecule has 2 aromatic heterocycles. The van der Waals surface area contributed by atoms with Crippen molar-refractivity contribution < 1.29 is 19.2 Å². The fraction of sp³-hybridized carbons (Fsp3) is 0.238. The van der Waals surface area contributed by atoms with Crippen LogP contribution >= 0.6 is 11.6 Å². The number of rotatable bonds is 7. The van der Waals surface area contributed by atoms with Crippen molar-refractivity contribution in [1.29, 1.82) is 0 Å².